The third-order valence-electron chi connectivity index (χ3n) is 1.68. The Bertz CT molecular complexity index is 438. The summed E-state index contributed by atoms with van der Waals surface area (Å²) in [5.74, 6) is -3.51. The van der Waals surface area contributed by atoms with E-state index in [4.69, 9.17) is 21.1 Å². The van der Waals surface area contributed by atoms with E-state index >= 15 is 0 Å². The normalized spacial score (nSPS) is 11.4. The first-order valence-corrected chi connectivity index (χ1v) is 4.92. The van der Waals surface area contributed by atoms with Gasteiger partial charge in [0.25, 0.3) is 0 Å². The van der Waals surface area contributed by atoms with E-state index in [9.17, 15) is 14.4 Å². The monoisotopic (exact) mass is 271 g/mol. The first-order valence-electron chi connectivity index (χ1n) is 4.92. The number of aromatic nitrogens is 2. The molecular formula is C10H13N3O6. The molecule has 0 bridgehead atoms. The number of nitrogens with one attached hydrogen (secondary N) is 1. The average Bonchev–Trinajstić information content (AvgIpc) is 2.80. The molecule has 0 aliphatic heterocycles. The zero-order valence-electron chi connectivity index (χ0n) is 9.68. The Morgan fingerprint density at radius 2 is 1.79 bits per heavy atom. The smallest absolute Gasteiger partial charge is 0.328 e. The molecule has 0 spiro atoms. The molecule has 0 amide bonds. The number of nitrogens with two attached hydrogens (primary N) is 1. The van der Waals surface area contributed by atoms with Gasteiger partial charge >= 0.3 is 17.9 Å². The second-order valence-electron chi connectivity index (χ2n) is 3.24. The molecule has 0 aliphatic carbocycles. The lowest BCUT2D eigenvalue weighted by Crippen LogP contribution is -2.32. The largest absolute Gasteiger partial charge is 0.480 e. The van der Waals surface area contributed by atoms with Crippen LogP contribution in [0.25, 0.3) is 0 Å². The number of hydrogen-bond donors (Lipinski definition) is 5. The second kappa shape index (κ2) is 8.42. The van der Waals surface area contributed by atoms with Crippen LogP contribution < -0.4 is 5.73 Å². The van der Waals surface area contributed by atoms with Crippen LogP contribution in [0, 0.1) is 0 Å². The minimum Gasteiger partial charge on any atom is -0.480 e. The second-order valence-corrected chi connectivity index (χ2v) is 3.24. The average molecular weight is 271 g/mol. The summed E-state index contributed by atoms with van der Waals surface area (Å²) in [5.41, 5.74) is 6.00. The minimum absolute atomic E-state index is 0.287. The molecular weight excluding hydrogens is 258 g/mol. The number of H-pyrrole nitrogens is 1. The number of carbonyl (C=O) groups is 3. The summed E-state index contributed by atoms with van der Waals surface area (Å²) in [6.07, 6.45) is 4.45. The van der Waals surface area contributed by atoms with Crippen LogP contribution in [0.1, 0.15) is 5.69 Å². The molecule has 6 N–H and O–H groups in total. The van der Waals surface area contributed by atoms with E-state index in [1.165, 1.54) is 6.33 Å². The number of aromatic amines is 1. The molecule has 0 saturated carbocycles. The van der Waals surface area contributed by atoms with Gasteiger partial charge in [0.15, 0.2) is 0 Å². The Hall–Kier alpha value is -2.68. The maximum Gasteiger partial charge on any atom is 0.328 e. The lowest BCUT2D eigenvalue weighted by atomic mass is 10.2. The van der Waals surface area contributed by atoms with Crippen LogP contribution in [0.3, 0.4) is 0 Å². The molecule has 0 unspecified atom stereocenters. The lowest BCUT2D eigenvalue weighted by Gasteiger charge is -2.02. The summed E-state index contributed by atoms with van der Waals surface area (Å²) in [4.78, 5) is 35.9. The molecule has 0 radical (unpaired) electrons. The van der Waals surface area contributed by atoms with E-state index in [0.717, 1.165) is 5.69 Å². The van der Waals surface area contributed by atoms with Crippen molar-refractivity contribution in [3.63, 3.8) is 0 Å². The van der Waals surface area contributed by atoms with Crippen molar-refractivity contribution in [3.8, 4) is 0 Å². The highest BCUT2D eigenvalue weighted by Crippen LogP contribution is 1.95. The van der Waals surface area contributed by atoms with E-state index in [0.29, 0.717) is 12.2 Å². The molecule has 0 aliphatic rings. The molecule has 0 saturated heterocycles. The van der Waals surface area contributed by atoms with Crippen LogP contribution in [0.15, 0.2) is 24.7 Å². The van der Waals surface area contributed by atoms with Crippen molar-refractivity contribution in [3.05, 3.63) is 30.4 Å². The number of carboxylic acids is 3. The third kappa shape index (κ3) is 9.06. The van der Waals surface area contributed by atoms with Crippen LogP contribution in [0.2, 0.25) is 0 Å². The first kappa shape index (κ1) is 16.3. The summed E-state index contributed by atoms with van der Waals surface area (Å²) >= 11 is 0. The molecule has 104 valence electrons. The van der Waals surface area contributed by atoms with Gasteiger partial charge in [0.1, 0.15) is 6.04 Å². The lowest BCUT2D eigenvalue weighted by molar-refractivity contribution is -0.138. The number of aliphatic carboxylic acids is 3. The maximum absolute atomic E-state index is 10.3. The summed E-state index contributed by atoms with van der Waals surface area (Å²) in [5, 5.41) is 24.0. The van der Waals surface area contributed by atoms with E-state index in [1.54, 1.807) is 6.20 Å². The Morgan fingerprint density at radius 1 is 1.26 bits per heavy atom. The quantitative estimate of drug-likeness (QED) is 0.428. The molecule has 0 fully saturated rings. The topological polar surface area (TPSA) is 167 Å². The standard InChI is InChI=1S/C6H9N3O2.C4H4O4/c7-5(6(10)11)1-4-2-8-3-9-4;5-3(6)1-2-4(7)8/h2-3,5H,1,7H2,(H,8,9)(H,10,11);1-2H,(H,5,6)(H,7,8)/t5-;/m0./s1. The van der Waals surface area contributed by atoms with Gasteiger partial charge in [-0.3, -0.25) is 4.79 Å². The van der Waals surface area contributed by atoms with Crippen molar-refractivity contribution in [2.75, 3.05) is 0 Å². The zero-order chi connectivity index (χ0) is 14.8. The third-order valence-corrected chi connectivity index (χ3v) is 1.68. The van der Waals surface area contributed by atoms with Crippen molar-refractivity contribution in [2.45, 2.75) is 12.5 Å². The Kier molecular flexibility index (Phi) is 7.23. The highest BCUT2D eigenvalue weighted by atomic mass is 16.4. The van der Waals surface area contributed by atoms with Crippen LogP contribution in [0.5, 0.6) is 0 Å². The first-order chi connectivity index (χ1) is 8.82. The molecule has 9 nitrogen and oxygen atoms in total. The molecule has 1 aromatic rings. The zero-order valence-corrected chi connectivity index (χ0v) is 9.68. The Morgan fingerprint density at radius 3 is 2.11 bits per heavy atom. The van der Waals surface area contributed by atoms with Crippen LogP contribution in [-0.2, 0) is 20.8 Å². The van der Waals surface area contributed by atoms with Gasteiger partial charge in [-0.1, -0.05) is 0 Å². The van der Waals surface area contributed by atoms with Crippen LogP contribution in [-0.4, -0.2) is 49.2 Å². The van der Waals surface area contributed by atoms with Crippen molar-refractivity contribution in [2.24, 2.45) is 5.73 Å². The van der Waals surface area contributed by atoms with Gasteiger partial charge in [-0.25, -0.2) is 14.6 Å². The number of rotatable bonds is 5. The van der Waals surface area contributed by atoms with Gasteiger partial charge in [0, 0.05) is 30.5 Å². The van der Waals surface area contributed by atoms with Gasteiger partial charge in [-0.05, 0) is 0 Å². The summed E-state index contributed by atoms with van der Waals surface area (Å²) in [6.45, 7) is 0. The molecule has 1 aromatic heterocycles. The van der Waals surface area contributed by atoms with Crippen LogP contribution >= 0.6 is 0 Å². The number of hydrogen-bond acceptors (Lipinski definition) is 5. The summed E-state index contributed by atoms with van der Waals surface area (Å²) in [6, 6.07) is -0.851. The highest BCUT2D eigenvalue weighted by molar-refractivity contribution is 5.89. The van der Waals surface area contributed by atoms with Gasteiger partial charge in [0.2, 0.25) is 0 Å². The fourth-order valence-corrected chi connectivity index (χ4v) is 0.863. The predicted octanol–water partition coefficient (Wildman–Crippen LogP) is -0.924. The van der Waals surface area contributed by atoms with Crippen molar-refractivity contribution in [1.82, 2.24) is 9.97 Å². The molecule has 1 rings (SSSR count). The molecule has 1 atom stereocenters. The SMILES string of the molecule is N[C@@H](Cc1cnc[nH]1)C(=O)O.O=C(O)C=CC(=O)O. The number of imidazole rings is 1. The van der Waals surface area contributed by atoms with Gasteiger partial charge in [-0.2, -0.15) is 0 Å². The minimum atomic E-state index is -1.26. The van der Waals surface area contributed by atoms with E-state index in [2.05, 4.69) is 9.97 Å². The molecule has 0 aromatic carbocycles. The number of nitrogens with zero attached hydrogens (tertiary/aromatic N) is 1. The van der Waals surface area contributed by atoms with Crippen molar-refractivity contribution >= 4 is 17.9 Å². The summed E-state index contributed by atoms with van der Waals surface area (Å²) < 4.78 is 0. The molecule has 9 heteroatoms. The van der Waals surface area contributed by atoms with Crippen LogP contribution in [0.4, 0.5) is 0 Å². The van der Waals surface area contributed by atoms with Gasteiger partial charge < -0.3 is 26.0 Å². The van der Waals surface area contributed by atoms with Gasteiger partial charge in [-0.15, -0.1) is 0 Å². The van der Waals surface area contributed by atoms with Crippen molar-refractivity contribution in [1.29, 1.82) is 0 Å². The maximum atomic E-state index is 10.3. The summed E-state index contributed by atoms with van der Waals surface area (Å²) in [7, 11) is 0. The Balaban J connectivity index is 0.000000362. The fourth-order valence-electron chi connectivity index (χ4n) is 0.863. The Labute approximate surface area is 107 Å². The van der Waals surface area contributed by atoms with Gasteiger partial charge in [0.05, 0.1) is 6.33 Å². The van der Waals surface area contributed by atoms with E-state index in [1.807, 2.05) is 0 Å². The van der Waals surface area contributed by atoms with Crippen molar-refractivity contribution < 1.29 is 29.7 Å². The van der Waals surface area contributed by atoms with E-state index < -0.39 is 23.9 Å². The fraction of sp³-hybridized carbons (Fsp3) is 0.200. The predicted molar refractivity (Wildman–Crippen MR) is 62.3 cm³/mol. The molecule has 19 heavy (non-hydrogen) atoms. The van der Waals surface area contributed by atoms with E-state index in [-0.39, 0.29) is 6.42 Å². The number of carboxylic acid groups (broad SMARTS) is 3. The highest BCUT2D eigenvalue weighted by Gasteiger charge is 2.11. The molecule has 1 heterocycles.